The van der Waals surface area contributed by atoms with Crippen molar-refractivity contribution in [1.82, 2.24) is 20.2 Å². The van der Waals surface area contributed by atoms with Gasteiger partial charge in [-0.3, -0.25) is 19.5 Å². The topological polar surface area (TPSA) is 98.1 Å². The highest BCUT2D eigenvalue weighted by molar-refractivity contribution is 5.76. The Balaban J connectivity index is 1.55. The Morgan fingerprint density at radius 3 is 2.50 bits per heavy atom. The van der Waals surface area contributed by atoms with Crippen molar-refractivity contribution in [2.24, 2.45) is 0 Å². The van der Waals surface area contributed by atoms with E-state index in [0.29, 0.717) is 24.2 Å². The lowest BCUT2D eigenvalue weighted by molar-refractivity contribution is -0.121. The molecule has 0 bridgehead atoms. The molecule has 1 aromatic carbocycles. The Kier molecular flexibility index (Phi) is 6.81. The molecule has 1 amide bonds. The lowest BCUT2D eigenvalue weighted by atomic mass is 10.0. The summed E-state index contributed by atoms with van der Waals surface area (Å²) in [6.45, 7) is 5.32. The Hall–Kier alpha value is -2.67. The SMILES string of the molecule is Cc1[nH]c(=O)[nH]c(=O)c1CCC(=O)NCc1ccccc1CN1CCCCC1. The van der Waals surface area contributed by atoms with Crippen molar-refractivity contribution in [3.63, 3.8) is 0 Å². The van der Waals surface area contributed by atoms with Crippen LogP contribution in [-0.4, -0.2) is 33.9 Å². The molecule has 150 valence electrons. The summed E-state index contributed by atoms with van der Waals surface area (Å²) in [7, 11) is 0. The van der Waals surface area contributed by atoms with E-state index in [2.05, 4.69) is 32.3 Å². The van der Waals surface area contributed by atoms with E-state index in [-0.39, 0.29) is 12.3 Å². The van der Waals surface area contributed by atoms with E-state index in [9.17, 15) is 14.4 Å². The smallest absolute Gasteiger partial charge is 0.325 e. The molecule has 7 nitrogen and oxygen atoms in total. The molecule has 1 fully saturated rings. The van der Waals surface area contributed by atoms with E-state index in [1.54, 1.807) is 6.92 Å². The molecule has 3 N–H and O–H groups in total. The number of rotatable bonds is 7. The van der Waals surface area contributed by atoms with Gasteiger partial charge in [-0.25, -0.2) is 4.79 Å². The quantitative estimate of drug-likeness (QED) is 0.675. The number of hydrogen-bond donors (Lipinski definition) is 3. The fourth-order valence-corrected chi connectivity index (χ4v) is 3.69. The molecule has 0 saturated carbocycles. The van der Waals surface area contributed by atoms with Crippen molar-refractivity contribution in [1.29, 1.82) is 0 Å². The van der Waals surface area contributed by atoms with Gasteiger partial charge in [0.05, 0.1) is 0 Å². The highest BCUT2D eigenvalue weighted by Gasteiger charge is 2.13. The van der Waals surface area contributed by atoms with Crippen LogP contribution in [0.2, 0.25) is 0 Å². The van der Waals surface area contributed by atoms with Crippen molar-refractivity contribution in [3.8, 4) is 0 Å². The molecule has 0 spiro atoms. The minimum atomic E-state index is -0.527. The number of carbonyl (C=O) groups excluding carboxylic acids is 1. The first-order valence-corrected chi connectivity index (χ1v) is 9.91. The summed E-state index contributed by atoms with van der Waals surface area (Å²) in [5.41, 5.74) is 2.37. The normalized spacial score (nSPS) is 14.8. The number of piperidine rings is 1. The van der Waals surface area contributed by atoms with E-state index in [4.69, 9.17) is 0 Å². The van der Waals surface area contributed by atoms with Crippen LogP contribution < -0.4 is 16.6 Å². The van der Waals surface area contributed by atoms with Gasteiger partial charge in [-0.2, -0.15) is 0 Å². The minimum absolute atomic E-state index is 0.113. The van der Waals surface area contributed by atoms with E-state index in [0.717, 1.165) is 25.2 Å². The van der Waals surface area contributed by atoms with Crippen LogP contribution in [0.4, 0.5) is 0 Å². The van der Waals surface area contributed by atoms with Crippen LogP contribution in [0.15, 0.2) is 33.9 Å². The molecule has 0 unspecified atom stereocenters. The lowest BCUT2D eigenvalue weighted by Gasteiger charge is -2.27. The number of amides is 1. The number of aromatic nitrogens is 2. The molecule has 1 aliphatic rings. The van der Waals surface area contributed by atoms with Gasteiger partial charge in [0.1, 0.15) is 0 Å². The van der Waals surface area contributed by atoms with E-state index in [1.165, 1.54) is 24.8 Å². The third kappa shape index (κ3) is 5.42. The molecule has 2 heterocycles. The number of aryl methyl sites for hydroxylation is 1. The average molecular weight is 384 g/mol. The molecule has 28 heavy (non-hydrogen) atoms. The molecule has 1 aromatic heterocycles. The number of nitrogens with one attached hydrogen (secondary N) is 3. The summed E-state index contributed by atoms with van der Waals surface area (Å²) in [6.07, 6.45) is 4.31. The predicted octanol–water partition coefficient (Wildman–Crippen LogP) is 1.61. The maximum Gasteiger partial charge on any atom is 0.325 e. The molecule has 2 aromatic rings. The molecule has 0 radical (unpaired) electrons. The van der Waals surface area contributed by atoms with Gasteiger partial charge < -0.3 is 10.3 Å². The molecular formula is C21H28N4O3. The van der Waals surface area contributed by atoms with Crippen molar-refractivity contribution in [2.45, 2.75) is 52.1 Å². The van der Waals surface area contributed by atoms with Gasteiger partial charge in [0, 0.05) is 30.8 Å². The number of aromatic amines is 2. The van der Waals surface area contributed by atoms with Crippen LogP contribution in [0, 0.1) is 6.92 Å². The van der Waals surface area contributed by atoms with E-state index >= 15 is 0 Å². The van der Waals surface area contributed by atoms with Crippen molar-refractivity contribution in [3.05, 3.63) is 67.5 Å². The fourth-order valence-electron chi connectivity index (χ4n) is 3.69. The van der Waals surface area contributed by atoms with Gasteiger partial charge in [0.2, 0.25) is 5.91 Å². The third-order valence-corrected chi connectivity index (χ3v) is 5.29. The zero-order valence-corrected chi connectivity index (χ0v) is 16.3. The monoisotopic (exact) mass is 384 g/mol. The minimum Gasteiger partial charge on any atom is -0.352 e. The maximum absolute atomic E-state index is 12.3. The summed E-state index contributed by atoms with van der Waals surface area (Å²) in [6, 6.07) is 8.20. The maximum atomic E-state index is 12.3. The number of nitrogens with zero attached hydrogens (tertiary/aromatic N) is 1. The van der Waals surface area contributed by atoms with Crippen LogP contribution in [-0.2, 0) is 24.3 Å². The summed E-state index contributed by atoms with van der Waals surface area (Å²) in [5, 5.41) is 2.96. The fraction of sp³-hybridized carbons (Fsp3) is 0.476. The highest BCUT2D eigenvalue weighted by atomic mass is 16.2. The van der Waals surface area contributed by atoms with Gasteiger partial charge in [-0.15, -0.1) is 0 Å². The third-order valence-electron chi connectivity index (χ3n) is 5.29. The van der Waals surface area contributed by atoms with E-state index < -0.39 is 11.2 Å². The molecular weight excluding hydrogens is 356 g/mol. The Labute approximate surface area is 164 Å². The van der Waals surface area contributed by atoms with Gasteiger partial charge in [0.15, 0.2) is 0 Å². The second-order valence-electron chi connectivity index (χ2n) is 7.39. The van der Waals surface area contributed by atoms with Crippen LogP contribution in [0.5, 0.6) is 0 Å². The standard InChI is InChI=1S/C21H28N4O3/c1-15-18(20(27)24-21(28)23-15)9-10-19(26)22-13-16-7-3-4-8-17(16)14-25-11-5-2-6-12-25/h3-4,7-8H,2,5-6,9-14H2,1H3,(H,22,26)(H2,23,24,27,28). The summed E-state index contributed by atoms with van der Waals surface area (Å²) in [5.74, 6) is -0.113. The van der Waals surface area contributed by atoms with Crippen LogP contribution in [0.3, 0.4) is 0 Å². The number of benzene rings is 1. The molecule has 7 heteroatoms. The summed E-state index contributed by atoms with van der Waals surface area (Å²) in [4.78, 5) is 42.6. The second-order valence-corrected chi connectivity index (χ2v) is 7.39. The zero-order chi connectivity index (χ0) is 19.9. The highest BCUT2D eigenvalue weighted by Crippen LogP contribution is 2.16. The van der Waals surface area contributed by atoms with E-state index in [1.807, 2.05) is 12.1 Å². The number of hydrogen-bond acceptors (Lipinski definition) is 4. The van der Waals surface area contributed by atoms with Crippen molar-refractivity contribution in [2.75, 3.05) is 13.1 Å². The average Bonchev–Trinajstić information content (AvgIpc) is 2.67. The van der Waals surface area contributed by atoms with Crippen LogP contribution in [0.1, 0.15) is 48.1 Å². The first kappa shape index (κ1) is 20.1. The van der Waals surface area contributed by atoms with Crippen LogP contribution in [0.25, 0.3) is 0 Å². The summed E-state index contributed by atoms with van der Waals surface area (Å²) >= 11 is 0. The first-order valence-electron chi connectivity index (χ1n) is 9.91. The Bertz CT molecular complexity index is 926. The number of carbonyl (C=O) groups is 1. The summed E-state index contributed by atoms with van der Waals surface area (Å²) < 4.78 is 0. The zero-order valence-electron chi connectivity index (χ0n) is 16.3. The largest absolute Gasteiger partial charge is 0.352 e. The predicted molar refractivity (Wildman–Crippen MR) is 108 cm³/mol. The molecule has 0 atom stereocenters. The van der Waals surface area contributed by atoms with Crippen molar-refractivity contribution < 1.29 is 4.79 Å². The van der Waals surface area contributed by atoms with Crippen molar-refractivity contribution >= 4 is 5.91 Å². The van der Waals surface area contributed by atoms with Crippen LogP contribution >= 0.6 is 0 Å². The van der Waals surface area contributed by atoms with Gasteiger partial charge in [-0.05, 0) is 50.4 Å². The molecule has 3 rings (SSSR count). The van der Waals surface area contributed by atoms with Gasteiger partial charge in [-0.1, -0.05) is 30.7 Å². The molecule has 0 aliphatic carbocycles. The molecule has 1 aliphatic heterocycles. The van der Waals surface area contributed by atoms with Gasteiger partial charge >= 0.3 is 5.69 Å². The molecule has 1 saturated heterocycles. The lowest BCUT2D eigenvalue weighted by Crippen LogP contribution is -2.30. The second kappa shape index (κ2) is 9.50. The Morgan fingerprint density at radius 2 is 1.79 bits per heavy atom. The number of likely N-dealkylation sites (tertiary alicyclic amines) is 1. The first-order chi connectivity index (χ1) is 13.5. The number of H-pyrrole nitrogens is 2. The Morgan fingerprint density at radius 1 is 1.07 bits per heavy atom. The van der Waals surface area contributed by atoms with Gasteiger partial charge in [0.25, 0.3) is 5.56 Å².